The van der Waals surface area contributed by atoms with E-state index in [4.69, 9.17) is 18.0 Å². The van der Waals surface area contributed by atoms with Gasteiger partial charge in [-0.1, -0.05) is 19.1 Å². The summed E-state index contributed by atoms with van der Waals surface area (Å²) in [7, 11) is 0. The molecule has 4 nitrogen and oxygen atoms in total. The molecule has 0 fully saturated rings. The van der Waals surface area contributed by atoms with Gasteiger partial charge in [0.15, 0.2) is 0 Å². The predicted molar refractivity (Wildman–Crippen MR) is 77.8 cm³/mol. The molecular weight excluding hydrogens is 252 g/mol. The minimum atomic E-state index is 0.381. The SMILES string of the molecule is CCCc1nsc(N(CCC(N)=S)C(C)C)n1. The highest BCUT2D eigenvalue weighted by Gasteiger charge is 2.15. The van der Waals surface area contributed by atoms with Gasteiger partial charge in [0.25, 0.3) is 0 Å². The fourth-order valence-electron chi connectivity index (χ4n) is 1.49. The van der Waals surface area contributed by atoms with Gasteiger partial charge in [0.05, 0.1) is 4.99 Å². The summed E-state index contributed by atoms with van der Waals surface area (Å²) in [6.45, 7) is 7.22. The van der Waals surface area contributed by atoms with Crippen molar-refractivity contribution in [3.8, 4) is 0 Å². The van der Waals surface area contributed by atoms with Gasteiger partial charge in [-0.05, 0) is 20.3 Å². The molecule has 0 amide bonds. The summed E-state index contributed by atoms with van der Waals surface area (Å²) in [6.07, 6.45) is 2.73. The largest absolute Gasteiger partial charge is 0.393 e. The van der Waals surface area contributed by atoms with E-state index in [1.807, 2.05) is 0 Å². The van der Waals surface area contributed by atoms with E-state index < -0.39 is 0 Å². The van der Waals surface area contributed by atoms with Crippen LogP contribution >= 0.6 is 23.8 Å². The molecule has 0 aromatic carbocycles. The van der Waals surface area contributed by atoms with Gasteiger partial charge in [0, 0.05) is 37.0 Å². The molecule has 0 aliphatic heterocycles. The van der Waals surface area contributed by atoms with Gasteiger partial charge in [-0.3, -0.25) is 0 Å². The number of nitrogens with zero attached hydrogens (tertiary/aromatic N) is 3. The lowest BCUT2D eigenvalue weighted by atomic mass is 10.3. The van der Waals surface area contributed by atoms with Gasteiger partial charge in [0.2, 0.25) is 5.13 Å². The topological polar surface area (TPSA) is 55.0 Å². The van der Waals surface area contributed by atoms with Gasteiger partial charge < -0.3 is 10.6 Å². The van der Waals surface area contributed by atoms with Gasteiger partial charge >= 0.3 is 0 Å². The molecule has 0 bridgehead atoms. The third-order valence-electron chi connectivity index (χ3n) is 2.40. The van der Waals surface area contributed by atoms with Crippen LogP contribution in [0.5, 0.6) is 0 Å². The van der Waals surface area contributed by atoms with E-state index in [-0.39, 0.29) is 0 Å². The molecule has 17 heavy (non-hydrogen) atoms. The van der Waals surface area contributed by atoms with Crippen LogP contribution in [0.1, 0.15) is 39.4 Å². The van der Waals surface area contributed by atoms with E-state index in [9.17, 15) is 0 Å². The van der Waals surface area contributed by atoms with Crippen LogP contribution in [0.2, 0.25) is 0 Å². The maximum atomic E-state index is 5.54. The zero-order valence-electron chi connectivity index (χ0n) is 10.6. The van der Waals surface area contributed by atoms with Crippen molar-refractivity contribution in [3.05, 3.63) is 5.82 Å². The Kier molecular flexibility index (Phi) is 5.77. The highest BCUT2D eigenvalue weighted by Crippen LogP contribution is 2.20. The monoisotopic (exact) mass is 272 g/mol. The van der Waals surface area contributed by atoms with Crippen LogP contribution in [0.3, 0.4) is 0 Å². The molecule has 0 radical (unpaired) electrons. The summed E-state index contributed by atoms with van der Waals surface area (Å²) in [6, 6.07) is 0.381. The van der Waals surface area contributed by atoms with Crippen molar-refractivity contribution < 1.29 is 0 Å². The Morgan fingerprint density at radius 2 is 2.24 bits per heavy atom. The number of aryl methyl sites for hydroxylation is 1. The lowest BCUT2D eigenvalue weighted by molar-refractivity contribution is 0.686. The van der Waals surface area contributed by atoms with Crippen molar-refractivity contribution >= 4 is 33.9 Å². The molecule has 1 aromatic heterocycles. The first-order valence-corrected chi connectivity index (χ1v) is 7.10. The fourth-order valence-corrected chi connectivity index (χ4v) is 2.46. The lowest BCUT2D eigenvalue weighted by Crippen LogP contribution is -2.33. The van der Waals surface area contributed by atoms with Crippen LogP contribution in [-0.2, 0) is 6.42 Å². The van der Waals surface area contributed by atoms with Crippen LogP contribution in [0.4, 0.5) is 5.13 Å². The molecule has 0 atom stereocenters. The fraction of sp³-hybridized carbons (Fsp3) is 0.727. The third-order valence-corrected chi connectivity index (χ3v) is 3.39. The maximum Gasteiger partial charge on any atom is 0.205 e. The Balaban J connectivity index is 2.71. The average Bonchev–Trinajstić information content (AvgIpc) is 2.66. The van der Waals surface area contributed by atoms with Crippen LogP contribution in [0.15, 0.2) is 0 Å². The van der Waals surface area contributed by atoms with E-state index in [0.29, 0.717) is 11.0 Å². The van der Waals surface area contributed by atoms with Crippen molar-refractivity contribution in [2.24, 2.45) is 5.73 Å². The number of hydrogen-bond donors (Lipinski definition) is 1. The van der Waals surface area contributed by atoms with E-state index in [2.05, 4.69) is 35.0 Å². The first-order valence-electron chi connectivity index (χ1n) is 5.92. The highest BCUT2D eigenvalue weighted by molar-refractivity contribution is 7.80. The Bertz CT molecular complexity index is 362. The van der Waals surface area contributed by atoms with Crippen molar-refractivity contribution in [2.75, 3.05) is 11.4 Å². The Morgan fingerprint density at radius 3 is 2.76 bits per heavy atom. The van der Waals surface area contributed by atoms with Gasteiger partial charge in [0.1, 0.15) is 5.82 Å². The van der Waals surface area contributed by atoms with Gasteiger partial charge in [-0.15, -0.1) is 0 Å². The van der Waals surface area contributed by atoms with Gasteiger partial charge in [-0.25, -0.2) is 4.98 Å². The normalized spacial score (nSPS) is 10.8. The standard InChI is InChI=1S/C11H20N4S2/c1-4-5-10-13-11(17-14-10)15(8(2)3)7-6-9(12)16/h8H,4-7H2,1-3H3,(H2,12,16). The molecule has 0 aliphatic rings. The summed E-state index contributed by atoms with van der Waals surface area (Å²) in [4.78, 5) is 7.30. The molecule has 0 saturated carbocycles. The second kappa shape index (κ2) is 6.86. The van der Waals surface area contributed by atoms with Crippen molar-refractivity contribution in [2.45, 2.75) is 46.1 Å². The quantitative estimate of drug-likeness (QED) is 0.772. The lowest BCUT2D eigenvalue weighted by Gasteiger charge is -2.25. The highest BCUT2D eigenvalue weighted by atomic mass is 32.1. The van der Waals surface area contributed by atoms with Crippen LogP contribution in [0, 0.1) is 0 Å². The molecule has 6 heteroatoms. The average molecular weight is 272 g/mol. The van der Waals surface area contributed by atoms with Crippen molar-refractivity contribution in [3.63, 3.8) is 0 Å². The Hall–Kier alpha value is -0.750. The number of anilines is 1. The van der Waals surface area contributed by atoms with E-state index >= 15 is 0 Å². The van der Waals surface area contributed by atoms with Crippen molar-refractivity contribution in [1.82, 2.24) is 9.36 Å². The maximum absolute atomic E-state index is 5.54. The number of aromatic nitrogens is 2. The molecule has 0 saturated heterocycles. The Morgan fingerprint density at radius 1 is 1.53 bits per heavy atom. The second-order valence-corrected chi connectivity index (χ2v) is 5.50. The van der Waals surface area contributed by atoms with Crippen LogP contribution in [-0.4, -0.2) is 26.9 Å². The smallest absolute Gasteiger partial charge is 0.205 e. The third kappa shape index (κ3) is 4.55. The first-order chi connectivity index (χ1) is 8.04. The number of hydrogen-bond acceptors (Lipinski definition) is 5. The summed E-state index contributed by atoms with van der Waals surface area (Å²) < 4.78 is 4.36. The number of nitrogens with two attached hydrogens (primary N) is 1. The molecular formula is C11H20N4S2. The Labute approximate surface area is 112 Å². The van der Waals surface area contributed by atoms with E-state index in [1.165, 1.54) is 11.5 Å². The minimum Gasteiger partial charge on any atom is -0.393 e. The number of rotatable bonds is 7. The number of thiocarbonyl (C=S) groups is 1. The molecule has 1 rings (SSSR count). The molecule has 0 unspecified atom stereocenters. The summed E-state index contributed by atoms with van der Waals surface area (Å²) in [5.74, 6) is 0.938. The molecule has 2 N–H and O–H groups in total. The molecule has 0 aliphatic carbocycles. The van der Waals surface area contributed by atoms with E-state index in [0.717, 1.165) is 36.8 Å². The zero-order chi connectivity index (χ0) is 12.8. The first kappa shape index (κ1) is 14.3. The summed E-state index contributed by atoms with van der Waals surface area (Å²) >= 11 is 6.37. The second-order valence-electron chi connectivity index (χ2n) is 4.25. The van der Waals surface area contributed by atoms with E-state index in [1.54, 1.807) is 0 Å². The molecule has 1 heterocycles. The molecule has 96 valence electrons. The van der Waals surface area contributed by atoms with Crippen LogP contribution < -0.4 is 10.6 Å². The zero-order valence-corrected chi connectivity index (χ0v) is 12.3. The van der Waals surface area contributed by atoms with Gasteiger partial charge in [-0.2, -0.15) is 4.37 Å². The summed E-state index contributed by atoms with van der Waals surface area (Å²) in [5.41, 5.74) is 5.54. The predicted octanol–water partition coefficient (Wildman–Crippen LogP) is 2.38. The molecule has 0 spiro atoms. The minimum absolute atomic E-state index is 0.381. The summed E-state index contributed by atoms with van der Waals surface area (Å²) in [5, 5.41) is 0.972. The molecule has 1 aromatic rings. The van der Waals surface area contributed by atoms with Crippen LogP contribution in [0.25, 0.3) is 0 Å². The van der Waals surface area contributed by atoms with Crippen molar-refractivity contribution in [1.29, 1.82) is 0 Å².